The number of rotatable bonds is 7. The Hall–Kier alpha value is -1.82. The summed E-state index contributed by atoms with van der Waals surface area (Å²) in [5.74, 6) is 0.672. The number of carbonyl (C=O) groups excluding carboxylic acids is 1. The maximum absolute atomic E-state index is 12.4. The summed E-state index contributed by atoms with van der Waals surface area (Å²) in [6.45, 7) is 5.46. The molecule has 2 aromatic rings. The van der Waals surface area contributed by atoms with Crippen LogP contribution in [0.2, 0.25) is 0 Å². The Balaban J connectivity index is 0.00000182. The highest BCUT2D eigenvalue weighted by atomic mass is 35.5. The first-order valence-electron chi connectivity index (χ1n) is 8.95. The van der Waals surface area contributed by atoms with Crippen LogP contribution in [0.1, 0.15) is 27.9 Å². The van der Waals surface area contributed by atoms with Crippen molar-refractivity contribution in [2.24, 2.45) is 5.92 Å². The average Bonchev–Trinajstić information content (AvgIpc) is 3.13. The van der Waals surface area contributed by atoms with Crippen LogP contribution >= 0.6 is 24.8 Å². The molecule has 1 aliphatic heterocycles. The van der Waals surface area contributed by atoms with E-state index >= 15 is 0 Å². The van der Waals surface area contributed by atoms with Gasteiger partial charge >= 0.3 is 0 Å². The maximum atomic E-state index is 12.4. The molecule has 0 spiro atoms. The van der Waals surface area contributed by atoms with Gasteiger partial charge in [0.15, 0.2) is 0 Å². The van der Waals surface area contributed by atoms with Gasteiger partial charge in [-0.05, 0) is 68.1 Å². The van der Waals surface area contributed by atoms with E-state index in [1.54, 1.807) is 6.20 Å². The summed E-state index contributed by atoms with van der Waals surface area (Å²) >= 11 is 0. The smallest absolute Gasteiger partial charge is 0.251 e. The summed E-state index contributed by atoms with van der Waals surface area (Å²) in [6.07, 6.45) is 5.85. The van der Waals surface area contributed by atoms with E-state index in [1.807, 2.05) is 37.4 Å². The van der Waals surface area contributed by atoms with Crippen molar-refractivity contribution in [1.82, 2.24) is 15.6 Å². The average molecular weight is 411 g/mol. The van der Waals surface area contributed by atoms with Crippen LogP contribution < -0.4 is 16.0 Å². The van der Waals surface area contributed by atoms with Gasteiger partial charge in [0.1, 0.15) is 0 Å². The van der Waals surface area contributed by atoms with E-state index < -0.39 is 0 Å². The van der Waals surface area contributed by atoms with Crippen LogP contribution in [0, 0.1) is 12.8 Å². The Morgan fingerprint density at radius 3 is 2.85 bits per heavy atom. The van der Waals surface area contributed by atoms with Crippen molar-refractivity contribution in [2.45, 2.75) is 19.8 Å². The minimum atomic E-state index is -0.0142. The first-order chi connectivity index (χ1) is 12.2. The molecule has 0 radical (unpaired) electrons. The van der Waals surface area contributed by atoms with Crippen LogP contribution in [0.3, 0.4) is 0 Å². The number of pyridine rings is 1. The molecule has 2 heterocycles. The minimum Gasteiger partial charge on any atom is -0.383 e. The van der Waals surface area contributed by atoms with Gasteiger partial charge in [-0.15, -0.1) is 24.8 Å². The topological polar surface area (TPSA) is 66.0 Å². The zero-order valence-corrected chi connectivity index (χ0v) is 17.2. The van der Waals surface area contributed by atoms with E-state index in [0.717, 1.165) is 36.3 Å². The number of nitrogens with zero attached hydrogens (tertiary/aromatic N) is 1. The van der Waals surface area contributed by atoms with Gasteiger partial charge in [0.2, 0.25) is 0 Å². The third-order valence-corrected chi connectivity index (χ3v) is 4.62. The van der Waals surface area contributed by atoms with Gasteiger partial charge in [-0.2, -0.15) is 0 Å². The summed E-state index contributed by atoms with van der Waals surface area (Å²) in [5.41, 5.74) is 4.13. The molecular weight excluding hydrogens is 383 g/mol. The third-order valence-electron chi connectivity index (χ3n) is 4.62. The van der Waals surface area contributed by atoms with E-state index in [4.69, 9.17) is 0 Å². The number of hydrogen-bond acceptors (Lipinski definition) is 4. The van der Waals surface area contributed by atoms with Crippen LogP contribution in [0.4, 0.5) is 5.69 Å². The highest BCUT2D eigenvalue weighted by molar-refractivity contribution is 5.94. The monoisotopic (exact) mass is 410 g/mol. The second-order valence-electron chi connectivity index (χ2n) is 6.64. The van der Waals surface area contributed by atoms with E-state index in [0.29, 0.717) is 19.0 Å². The molecule has 7 heteroatoms. The molecule has 1 unspecified atom stereocenters. The fraction of sp³-hybridized carbons (Fsp3) is 0.400. The predicted octanol–water partition coefficient (Wildman–Crippen LogP) is 3.23. The SMILES string of the molecule is Cc1cnccc1NCCNC(=O)c1cccc(CC2CCNC2)c1.Cl.Cl. The van der Waals surface area contributed by atoms with Gasteiger partial charge in [0.05, 0.1) is 0 Å². The number of amides is 1. The molecule has 0 saturated carbocycles. The molecule has 1 aromatic carbocycles. The highest BCUT2D eigenvalue weighted by Gasteiger charge is 2.15. The van der Waals surface area contributed by atoms with Gasteiger partial charge in [0.25, 0.3) is 5.91 Å². The summed E-state index contributed by atoms with van der Waals surface area (Å²) in [4.78, 5) is 16.4. The maximum Gasteiger partial charge on any atom is 0.251 e. The summed E-state index contributed by atoms with van der Waals surface area (Å²) in [7, 11) is 0. The lowest BCUT2D eigenvalue weighted by Gasteiger charge is -2.11. The number of halogens is 2. The Labute approximate surface area is 173 Å². The molecule has 0 bridgehead atoms. The molecule has 1 aliphatic rings. The van der Waals surface area contributed by atoms with Crippen LogP contribution in [0.15, 0.2) is 42.7 Å². The lowest BCUT2D eigenvalue weighted by Crippen LogP contribution is -2.29. The number of nitrogens with one attached hydrogen (secondary N) is 3. The summed E-state index contributed by atoms with van der Waals surface area (Å²) in [5, 5.41) is 9.69. The number of benzene rings is 1. The van der Waals surface area contributed by atoms with E-state index in [9.17, 15) is 4.79 Å². The molecule has 1 amide bonds. The zero-order chi connectivity index (χ0) is 17.5. The molecule has 1 atom stereocenters. The van der Waals surface area contributed by atoms with Crippen molar-refractivity contribution < 1.29 is 4.79 Å². The molecule has 5 nitrogen and oxygen atoms in total. The molecular formula is C20H28Cl2N4O. The van der Waals surface area contributed by atoms with Crippen molar-refractivity contribution in [3.8, 4) is 0 Å². The van der Waals surface area contributed by atoms with E-state index in [-0.39, 0.29) is 30.7 Å². The van der Waals surface area contributed by atoms with Gasteiger partial charge in [0, 0.05) is 36.7 Å². The van der Waals surface area contributed by atoms with Crippen LogP contribution in [0.25, 0.3) is 0 Å². The van der Waals surface area contributed by atoms with Crippen LogP contribution in [-0.4, -0.2) is 37.1 Å². The number of hydrogen-bond donors (Lipinski definition) is 3. The van der Waals surface area contributed by atoms with Gasteiger partial charge in [-0.3, -0.25) is 9.78 Å². The molecule has 3 rings (SSSR count). The van der Waals surface area contributed by atoms with Crippen LogP contribution in [0.5, 0.6) is 0 Å². The molecule has 27 heavy (non-hydrogen) atoms. The zero-order valence-electron chi connectivity index (χ0n) is 15.5. The highest BCUT2D eigenvalue weighted by Crippen LogP contribution is 2.16. The second kappa shape index (κ2) is 11.8. The van der Waals surface area contributed by atoms with E-state index in [1.165, 1.54) is 12.0 Å². The lowest BCUT2D eigenvalue weighted by atomic mass is 9.97. The number of aryl methyl sites for hydroxylation is 1. The minimum absolute atomic E-state index is 0. The summed E-state index contributed by atoms with van der Waals surface area (Å²) in [6, 6.07) is 9.94. The fourth-order valence-electron chi connectivity index (χ4n) is 3.21. The Bertz CT molecular complexity index is 721. The van der Waals surface area contributed by atoms with Crippen molar-refractivity contribution in [2.75, 3.05) is 31.5 Å². The van der Waals surface area contributed by atoms with Crippen molar-refractivity contribution >= 4 is 36.4 Å². The van der Waals surface area contributed by atoms with Crippen LogP contribution in [-0.2, 0) is 6.42 Å². The standard InChI is InChI=1S/C20H26N4O.2ClH/c1-15-13-21-8-6-19(15)23-9-10-24-20(25)18-4-2-3-16(12-18)11-17-5-7-22-14-17;;/h2-4,6,8,12-13,17,22H,5,7,9-11,14H2,1H3,(H,21,23)(H,24,25);2*1H. The largest absolute Gasteiger partial charge is 0.383 e. The quantitative estimate of drug-likeness (QED) is 0.612. The number of carbonyl (C=O) groups is 1. The predicted molar refractivity (Wildman–Crippen MR) is 115 cm³/mol. The van der Waals surface area contributed by atoms with Gasteiger partial charge in [-0.25, -0.2) is 0 Å². The first-order valence-corrected chi connectivity index (χ1v) is 8.95. The Kier molecular flexibility index (Phi) is 10.1. The second-order valence-corrected chi connectivity index (χ2v) is 6.64. The molecule has 148 valence electrons. The lowest BCUT2D eigenvalue weighted by molar-refractivity contribution is 0.0955. The molecule has 1 fully saturated rings. The van der Waals surface area contributed by atoms with Crippen molar-refractivity contribution in [3.63, 3.8) is 0 Å². The number of aromatic nitrogens is 1. The molecule has 3 N–H and O–H groups in total. The summed E-state index contributed by atoms with van der Waals surface area (Å²) < 4.78 is 0. The Morgan fingerprint density at radius 2 is 2.11 bits per heavy atom. The Morgan fingerprint density at radius 1 is 1.26 bits per heavy atom. The van der Waals surface area contributed by atoms with Gasteiger partial charge < -0.3 is 16.0 Å². The van der Waals surface area contributed by atoms with Gasteiger partial charge in [-0.1, -0.05) is 12.1 Å². The third kappa shape index (κ3) is 7.01. The molecule has 0 aliphatic carbocycles. The number of anilines is 1. The molecule has 1 aromatic heterocycles. The van der Waals surface area contributed by atoms with Crippen molar-refractivity contribution in [3.05, 3.63) is 59.4 Å². The first kappa shape index (κ1) is 23.2. The fourth-order valence-corrected chi connectivity index (χ4v) is 3.21. The van der Waals surface area contributed by atoms with E-state index in [2.05, 4.69) is 27.0 Å². The molecule has 1 saturated heterocycles. The van der Waals surface area contributed by atoms with Crippen molar-refractivity contribution in [1.29, 1.82) is 0 Å². The normalized spacial score (nSPS) is 15.4.